The van der Waals surface area contributed by atoms with Crippen LogP contribution >= 0.6 is 0 Å². The standard InChI is InChI=1S/C20H19N3O6/c1-26-15-9-5-3-7-13(15)20(25)28-12-19-22-17(23-29-19)11-18(24)21-14-8-4-6-10-16(14)27-2/h3-10H,11-12H2,1-2H3,(H,21,24). The Kier molecular flexibility index (Phi) is 6.41. The Balaban J connectivity index is 1.55. The zero-order chi connectivity index (χ0) is 20.6. The van der Waals surface area contributed by atoms with E-state index < -0.39 is 5.97 Å². The van der Waals surface area contributed by atoms with Crippen molar-refractivity contribution in [2.75, 3.05) is 19.5 Å². The fourth-order valence-electron chi connectivity index (χ4n) is 2.52. The number of esters is 1. The molecule has 1 amide bonds. The largest absolute Gasteiger partial charge is 0.496 e. The first-order valence-corrected chi connectivity index (χ1v) is 8.65. The summed E-state index contributed by atoms with van der Waals surface area (Å²) in [6.07, 6.45) is -0.109. The molecule has 0 spiro atoms. The van der Waals surface area contributed by atoms with Gasteiger partial charge in [0.15, 0.2) is 12.4 Å². The van der Waals surface area contributed by atoms with Gasteiger partial charge in [-0.1, -0.05) is 29.4 Å². The first kappa shape index (κ1) is 19.9. The van der Waals surface area contributed by atoms with E-state index >= 15 is 0 Å². The van der Waals surface area contributed by atoms with Crippen molar-refractivity contribution in [3.05, 3.63) is 65.8 Å². The normalized spacial score (nSPS) is 10.3. The van der Waals surface area contributed by atoms with Crippen LogP contribution in [-0.2, 0) is 22.6 Å². The molecular weight excluding hydrogens is 378 g/mol. The number of carbonyl (C=O) groups excluding carboxylic acids is 2. The molecular formula is C20H19N3O6. The molecule has 0 aliphatic heterocycles. The molecule has 1 heterocycles. The molecule has 0 aliphatic rings. The monoisotopic (exact) mass is 397 g/mol. The van der Waals surface area contributed by atoms with E-state index in [1.165, 1.54) is 14.2 Å². The van der Waals surface area contributed by atoms with Gasteiger partial charge in [-0.3, -0.25) is 4.79 Å². The van der Waals surface area contributed by atoms with Crippen LogP contribution in [0.5, 0.6) is 11.5 Å². The van der Waals surface area contributed by atoms with Crippen LogP contribution in [0.15, 0.2) is 53.1 Å². The van der Waals surface area contributed by atoms with E-state index in [0.717, 1.165) is 0 Å². The number of hydrogen-bond donors (Lipinski definition) is 1. The van der Waals surface area contributed by atoms with Gasteiger partial charge in [0.05, 0.1) is 26.3 Å². The van der Waals surface area contributed by atoms with Crippen molar-refractivity contribution in [2.45, 2.75) is 13.0 Å². The average molecular weight is 397 g/mol. The molecule has 0 saturated heterocycles. The molecule has 29 heavy (non-hydrogen) atoms. The Morgan fingerprint density at radius 3 is 2.45 bits per heavy atom. The summed E-state index contributed by atoms with van der Waals surface area (Å²) in [6.45, 7) is -0.224. The number of hydrogen-bond acceptors (Lipinski definition) is 8. The van der Waals surface area contributed by atoms with Crippen molar-refractivity contribution in [3.63, 3.8) is 0 Å². The number of anilines is 1. The molecule has 0 unspecified atom stereocenters. The van der Waals surface area contributed by atoms with Crippen LogP contribution in [0.3, 0.4) is 0 Å². The van der Waals surface area contributed by atoms with Crippen LogP contribution < -0.4 is 14.8 Å². The van der Waals surface area contributed by atoms with Crippen LogP contribution in [0.1, 0.15) is 22.1 Å². The Hall–Kier alpha value is -3.88. The summed E-state index contributed by atoms with van der Waals surface area (Å²) in [4.78, 5) is 28.4. The highest BCUT2D eigenvalue weighted by molar-refractivity contribution is 5.93. The molecule has 9 nitrogen and oxygen atoms in total. The molecule has 0 atom stereocenters. The van der Waals surface area contributed by atoms with Crippen LogP contribution in [-0.4, -0.2) is 36.2 Å². The maximum Gasteiger partial charge on any atom is 0.342 e. The van der Waals surface area contributed by atoms with Gasteiger partial charge < -0.3 is 24.1 Å². The summed E-state index contributed by atoms with van der Waals surface area (Å²) in [6, 6.07) is 13.7. The van der Waals surface area contributed by atoms with Gasteiger partial charge in [0.1, 0.15) is 17.1 Å². The van der Waals surface area contributed by atoms with Crippen molar-refractivity contribution >= 4 is 17.6 Å². The lowest BCUT2D eigenvalue weighted by Gasteiger charge is -2.08. The van der Waals surface area contributed by atoms with E-state index in [1.54, 1.807) is 48.5 Å². The Morgan fingerprint density at radius 1 is 1.00 bits per heavy atom. The number of amides is 1. The van der Waals surface area contributed by atoms with Crippen molar-refractivity contribution < 1.29 is 28.3 Å². The molecule has 0 radical (unpaired) electrons. The van der Waals surface area contributed by atoms with E-state index in [4.69, 9.17) is 18.7 Å². The highest BCUT2D eigenvalue weighted by atomic mass is 16.6. The van der Waals surface area contributed by atoms with Gasteiger partial charge in [0, 0.05) is 0 Å². The first-order chi connectivity index (χ1) is 14.1. The third-order valence-corrected chi connectivity index (χ3v) is 3.86. The van der Waals surface area contributed by atoms with Crippen molar-refractivity contribution in [2.24, 2.45) is 0 Å². The van der Waals surface area contributed by atoms with E-state index in [0.29, 0.717) is 17.2 Å². The van der Waals surface area contributed by atoms with E-state index in [-0.39, 0.29) is 36.2 Å². The van der Waals surface area contributed by atoms with E-state index in [1.807, 2.05) is 0 Å². The fourth-order valence-corrected chi connectivity index (χ4v) is 2.52. The third-order valence-electron chi connectivity index (χ3n) is 3.86. The van der Waals surface area contributed by atoms with Crippen LogP contribution in [0.4, 0.5) is 5.69 Å². The third kappa shape index (κ3) is 5.10. The first-order valence-electron chi connectivity index (χ1n) is 8.65. The summed E-state index contributed by atoms with van der Waals surface area (Å²) in [5.74, 6) is 0.257. The predicted octanol–water partition coefficient (Wildman–Crippen LogP) is 2.63. The number of aromatic nitrogens is 2. The number of carbonyl (C=O) groups is 2. The van der Waals surface area contributed by atoms with Crippen molar-refractivity contribution in [1.29, 1.82) is 0 Å². The quantitative estimate of drug-likeness (QED) is 0.577. The summed E-state index contributed by atoms with van der Waals surface area (Å²) in [5.41, 5.74) is 0.820. The second-order valence-electron chi connectivity index (χ2n) is 5.81. The summed E-state index contributed by atoms with van der Waals surface area (Å²) >= 11 is 0. The molecule has 0 aliphatic carbocycles. The van der Waals surface area contributed by atoms with Gasteiger partial charge in [-0.25, -0.2) is 4.79 Å². The second kappa shape index (κ2) is 9.36. The zero-order valence-corrected chi connectivity index (χ0v) is 15.9. The average Bonchev–Trinajstić information content (AvgIpc) is 3.19. The number of ether oxygens (including phenoxy) is 3. The number of nitrogens with zero attached hydrogens (tertiary/aromatic N) is 2. The number of rotatable bonds is 8. The van der Waals surface area contributed by atoms with Gasteiger partial charge in [-0.15, -0.1) is 0 Å². The van der Waals surface area contributed by atoms with Gasteiger partial charge in [0.2, 0.25) is 5.91 Å². The number of para-hydroxylation sites is 3. The maximum atomic E-state index is 12.2. The fraction of sp³-hybridized carbons (Fsp3) is 0.200. The Labute approximate surface area is 166 Å². The van der Waals surface area contributed by atoms with Crippen LogP contribution in [0.2, 0.25) is 0 Å². The summed E-state index contributed by atoms with van der Waals surface area (Å²) in [5, 5.41) is 6.45. The smallest absolute Gasteiger partial charge is 0.342 e. The zero-order valence-electron chi connectivity index (χ0n) is 15.9. The van der Waals surface area contributed by atoms with Gasteiger partial charge >= 0.3 is 5.97 Å². The predicted molar refractivity (Wildman–Crippen MR) is 102 cm³/mol. The minimum Gasteiger partial charge on any atom is -0.496 e. The molecule has 1 aromatic heterocycles. The molecule has 1 N–H and O–H groups in total. The Morgan fingerprint density at radius 2 is 1.69 bits per heavy atom. The highest BCUT2D eigenvalue weighted by Crippen LogP contribution is 2.23. The van der Waals surface area contributed by atoms with Crippen molar-refractivity contribution in [1.82, 2.24) is 10.1 Å². The number of methoxy groups -OCH3 is 2. The molecule has 0 bridgehead atoms. The van der Waals surface area contributed by atoms with Crippen molar-refractivity contribution in [3.8, 4) is 11.5 Å². The number of nitrogens with one attached hydrogen (secondary N) is 1. The molecule has 3 aromatic rings. The maximum absolute atomic E-state index is 12.2. The van der Waals surface area contributed by atoms with Gasteiger partial charge in [-0.2, -0.15) is 4.98 Å². The topological polar surface area (TPSA) is 113 Å². The second-order valence-corrected chi connectivity index (χ2v) is 5.81. The van der Waals surface area contributed by atoms with Crippen LogP contribution in [0.25, 0.3) is 0 Å². The summed E-state index contributed by atoms with van der Waals surface area (Å²) < 4.78 is 20.5. The summed E-state index contributed by atoms with van der Waals surface area (Å²) in [7, 11) is 2.98. The Bertz CT molecular complexity index is 1000. The molecule has 0 saturated carbocycles. The molecule has 2 aromatic carbocycles. The van der Waals surface area contributed by atoms with Gasteiger partial charge in [-0.05, 0) is 24.3 Å². The lowest BCUT2D eigenvalue weighted by Crippen LogP contribution is -2.15. The molecule has 150 valence electrons. The minimum atomic E-state index is -0.587. The highest BCUT2D eigenvalue weighted by Gasteiger charge is 2.16. The van der Waals surface area contributed by atoms with E-state index in [2.05, 4.69) is 15.5 Å². The minimum absolute atomic E-state index is 0.0772. The molecule has 0 fully saturated rings. The number of benzene rings is 2. The van der Waals surface area contributed by atoms with Crippen LogP contribution in [0, 0.1) is 0 Å². The SMILES string of the molecule is COc1ccccc1NC(=O)Cc1noc(COC(=O)c2ccccc2OC)n1. The lowest BCUT2D eigenvalue weighted by atomic mass is 10.2. The molecule has 3 rings (SSSR count). The van der Waals surface area contributed by atoms with E-state index in [9.17, 15) is 9.59 Å². The van der Waals surface area contributed by atoms with Gasteiger partial charge in [0.25, 0.3) is 5.89 Å². The lowest BCUT2D eigenvalue weighted by molar-refractivity contribution is -0.115. The molecule has 9 heteroatoms.